The summed E-state index contributed by atoms with van der Waals surface area (Å²) in [5.74, 6) is 0.890. The quantitative estimate of drug-likeness (QED) is 0.810. The molecule has 0 saturated heterocycles. The van der Waals surface area contributed by atoms with Gasteiger partial charge in [0.25, 0.3) is 0 Å². The Morgan fingerprint density at radius 3 is 2.69 bits per heavy atom. The van der Waals surface area contributed by atoms with Crippen molar-refractivity contribution in [2.24, 2.45) is 0 Å². The molecule has 0 amide bonds. The van der Waals surface area contributed by atoms with Gasteiger partial charge in [0.1, 0.15) is 0 Å². The molecule has 0 radical (unpaired) electrons. The molecular formula is C9H13BrN2S. The molecule has 72 valence electrons. The largest absolute Gasteiger partial charge is 0.265 e. The lowest BCUT2D eigenvalue weighted by molar-refractivity contribution is 0.304. The van der Waals surface area contributed by atoms with Crippen LogP contribution in [0.15, 0.2) is 16.9 Å². The molecule has 4 heteroatoms. The second-order valence-electron chi connectivity index (χ2n) is 3.69. The summed E-state index contributed by atoms with van der Waals surface area (Å²) in [6.07, 6.45) is 8.94. The van der Waals surface area contributed by atoms with Crippen LogP contribution >= 0.6 is 28.6 Å². The van der Waals surface area contributed by atoms with Gasteiger partial charge in [-0.25, -0.2) is 0 Å². The fourth-order valence-electron chi connectivity index (χ4n) is 2.05. The van der Waals surface area contributed by atoms with Crippen molar-refractivity contribution in [2.75, 3.05) is 5.75 Å². The zero-order valence-corrected chi connectivity index (χ0v) is 9.89. The van der Waals surface area contributed by atoms with Crippen LogP contribution in [-0.4, -0.2) is 15.5 Å². The van der Waals surface area contributed by atoms with Crippen LogP contribution in [-0.2, 0) is 5.54 Å². The van der Waals surface area contributed by atoms with Crippen molar-refractivity contribution in [2.45, 2.75) is 31.2 Å². The summed E-state index contributed by atoms with van der Waals surface area (Å²) in [5, 5.41) is 4.36. The molecule has 0 unspecified atom stereocenters. The van der Waals surface area contributed by atoms with Crippen LogP contribution in [0.3, 0.4) is 0 Å². The lowest BCUT2D eigenvalue weighted by Crippen LogP contribution is -2.32. The van der Waals surface area contributed by atoms with Crippen LogP contribution in [0.4, 0.5) is 0 Å². The fourth-order valence-corrected chi connectivity index (χ4v) is 2.80. The minimum Gasteiger partial charge on any atom is -0.265 e. The van der Waals surface area contributed by atoms with E-state index in [0.717, 1.165) is 10.2 Å². The van der Waals surface area contributed by atoms with Gasteiger partial charge in [0.15, 0.2) is 0 Å². The van der Waals surface area contributed by atoms with E-state index in [-0.39, 0.29) is 5.54 Å². The van der Waals surface area contributed by atoms with E-state index in [9.17, 15) is 0 Å². The summed E-state index contributed by atoms with van der Waals surface area (Å²) < 4.78 is 3.14. The van der Waals surface area contributed by atoms with E-state index in [1.165, 1.54) is 25.7 Å². The van der Waals surface area contributed by atoms with E-state index in [1.54, 1.807) is 0 Å². The van der Waals surface area contributed by atoms with Gasteiger partial charge in [-0.2, -0.15) is 17.7 Å². The number of thiol groups is 1. The topological polar surface area (TPSA) is 17.8 Å². The van der Waals surface area contributed by atoms with Crippen LogP contribution in [0.25, 0.3) is 0 Å². The molecule has 0 aromatic carbocycles. The van der Waals surface area contributed by atoms with Crippen molar-refractivity contribution in [3.8, 4) is 0 Å². The van der Waals surface area contributed by atoms with Gasteiger partial charge >= 0.3 is 0 Å². The molecule has 1 aliphatic rings. The van der Waals surface area contributed by atoms with Gasteiger partial charge in [-0.05, 0) is 28.8 Å². The Hall–Kier alpha value is 0.0400. The van der Waals surface area contributed by atoms with Crippen molar-refractivity contribution in [1.29, 1.82) is 0 Å². The van der Waals surface area contributed by atoms with Crippen molar-refractivity contribution >= 4 is 28.6 Å². The maximum Gasteiger partial charge on any atom is 0.0715 e. The third kappa shape index (κ3) is 1.66. The van der Waals surface area contributed by atoms with Crippen LogP contribution in [0.1, 0.15) is 25.7 Å². The lowest BCUT2D eigenvalue weighted by atomic mass is 10.0. The third-order valence-corrected chi connectivity index (χ3v) is 3.86. The predicted octanol–water partition coefficient (Wildman–Crippen LogP) is 2.84. The maximum atomic E-state index is 4.45. The normalized spacial score (nSPS) is 20.8. The van der Waals surface area contributed by atoms with Gasteiger partial charge in [0.05, 0.1) is 16.2 Å². The smallest absolute Gasteiger partial charge is 0.0715 e. The fraction of sp³-hybridized carbons (Fsp3) is 0.667. The summed E-state index contributed by atoms with van der Waals surface area (Å²) in [7, 11) is 0. The van der Waals surface area contributed by atoms with Crippen LogP contribution in [0.5, 0.6) is 0 Å². The van der Waals surface area contributed by atoms with Crippen molar-refractivity contribution < 1.29 is 0 Å². The predicted molar refractivity (Wildman–Crippen MR) is 60.2 cm³/mol. The second-order valence-corrected chi connectivity index (χ2v) is 4.92. The first-order valence-electron chi connectivity index (χ1n) is 4.58. The summed E-state index contributed by atoms with van der Waals surface area (Å²) in [6, 6.07) is 0. The van der Waals surface area contributed by atoms with E-state index in [4.69, 9.17) is 0 Å². The molecule has 0 bridgehead atoms. The molecule has 0 N–H and O–H groups in total. The molecule has 0 spiro atoms. The Morgan fingerprint density at radius 2 is 2.23 bits per heavy atom. The van der Waals surface area contributed by atoms with E-state index in [0.29, 0.717) is 0 Å². The Bertz CT molecular complexity index is 292. The Kier molecular flexibility index (Phi) is 2.70. The molecule has 0 atom stereocenters. The minimum absolute atomic E-state index is 0.190. The van der Waals surface area contributed by atoms with Gasteiger partial charge in [-0.3, -0.25) is 4.68 Å². The first-order chi connectivity index (χ1) is 6.27. The highest BCUT2D eigenvalue weighted by molar-refractivity contribution is 9.10. The monoisotopic (exact) mass is 260 g/mol. The average Bonchev–Trinajstić information content (AvgIpc) is 2.73. The highest BCUT2D eigenvalue weighted by Crippen LogP contribution is 2.37. The summed E-state index contributed by atoms with van der Waals surface area (Å²) in [5.41, 5.74) is 0.190. The van der Waals surface area contributed by atoms with Gasteiger partial charge in [0.2, 0.25) is 0 Å². The number of halogens is 1. The molecule has 1 aromatic heterocycles. The first-order valence-corrected chi connectivity index (χ1v) is 6.01. The Balaban J connectivity index is 2.30. The molecule has 13 heavy (non-hydrogen) atoms. The number of hydrogen-bond acceptors (Lipinski definition) is 2. The molecule has 1 saturated carbocycles. The van der Waals surface area contributed by atoms with Crippen LogP contribution in [0.2, 0.25) is 0 Å². The van der Waals surface area contributed by atoms with E-state index >= 15 is 0 Å². The Morgan fingerprint density at radius 1 is 1.54 bits per heavy atom. The number of aromatic nitrogens is 2. The van der Waals surface area contributed by atoms with Crippen molar-refractivity contribution in [1.82, 2.24) is 9.78 Å². The van der Waals surface area contributed by atoms with E-state index in [1.807, 2.05) is 6.20 Å². The van der Waals surface area contributed by atoms with Gasteiger partial charge < -0.3 is 0 Å². The molecule has 1 fully saturated rings. The molecule has 2 rings (SSSR count). The number of rotatable bonds is 2. The summed E-state index contributed by atoms with van der Waals surface area (Å²) >= 11 is 7.87. The highest BCUT2D eigenvalue weighted by Gasteiger charge is 2.34. The molecule has 2 nitrogen and oxygen atoms in total. The zero-order chi connectivity index (χ0) is 9.31. The minimum atomic E-state index is 0.190. The van der Waals surface area contributed by atoms with Gasteiger partial charge in [-0.15, -0.1) is 0 Å². The van der Waals surface area contributed by atoms with E-state index < -0.39 is 0 Å². The summed E-state index contributed by atoms with van der Waals surface area (Å²) in [6.45, 7) is 0. The van der Waals surface area contributed by atoms with Crippen molar-refractivity contribution in [3.63, 3.8) is 0 Å². The third-order valence-electron chi connectivity index (χ3n) is 2.87. The van der Waals surface area contributed by atoms with Gasteiger partial charge in [0, 0.05) is 11.9 Å². The molecule has 1 heterocycles. The highest BCUT2D eigenvalue weighted by atomic mass is 79.9. The Labute approximate surface area is 92.2 Å². The van der Waals surface area contributed by atoms with Crippen molar-refractivity contribution in [3.05, 3.63) is 16.9 Å². The molecule has 0 aliphatic heterocycles. The second kappa shape index (κ2) is 3.65. The number of hydrogen-bond donors (Lipinski definition) is 1. The lowest BCUT2D eigenvalue weighted by Gasteiger charge is -2.27. The molecular weight excluding hydrogens is 248 g/mol. The van der Waals surface area contributed by atoms with E-state index in [2.05, 4.69) is 44.5 Å². The summed E-state index contributed by atoms with van der Waals surface area (Å²) in [4.78, 5) is 0. The average molecular weight is 261 g/mol. The zero-order valence-electron chi connectivity index (χ0n) is 7.41. The first kappa shape index (κ1) is 9.59. The molecule has 1 aromatic rings. The van der Waals surface area contributed by atoms with Crippen LogP contribution < -0.4 is 0 Å². The molecule has 1 aliphatic carbocycles. The van der Waals surface area contributed by atoms with Gasteiger partial charge in [-0.1, -0.05) is 12.8 Å². The SMILES string of the molecule is SCC1(n2cc(Br)cn2)CCCC1. The maximum absolute atomic E-state index is 4.45. The van der Waals surface area contributed by atoms with Crippen LogP contribution in [0, 0.1) is 0 Å². The standard InChI is InChI=1S/C9H13BrN2S/c10-8-5-11-12(6-8)9(7-13)3-1-2-4-9/h5-6,13H,1-4,7H2. The number of nitrogens with zero attached hydrogens (tertiary/aromatic N) is 2.